The van der Waals surface area contributed by atoms with Crippen molar-refractivity contribution in [2.24, 2.45) is 0 Å². The van der Waals surface area contributed by atoms with Crippen molar-refractivity contribution >= 4 is 11.5 Å². The summed E-state index contributed by atoms with van der Waals surface area (Å²) in [5, 5.41) is 3.38. The Kier molecular flexibility index (Phi) is 4.20. The monoisotopic (exact) mass is 234 g/mol. The van der Waals surface area contributed by atoms with Crippen LogP contribution in [0, 0.1) is 0 Å². The highest BCUT2D eigenvalue weighted by Crippen LogP contribution is 2.16. The smallest absolute Gasteiger partial charge is 0.146 e. The average molecular weight is 234 g/mol. The zero-order valence-corrected chi connectivity index (χ0v) is 10.5. The van der Waals surface area contributed by atoms with Crippen molar-refractivity contribution < 1.29 is 0 Å². The van der Waals surface area contributed by atoms with E-state index < -0.39 is 0 Å². The van der Waals surface area contributed by atoms with Gasteiger partial charge in [0.2, 0.25) is 0 Å². The lowest BCUT2D eigenvalue weighted by molar-refractivity contribution is 0.180. The van der Waals surface area contributed by atoms with Crippen molar-refractivity contribution in [3.8, 4) is 0 Å². The molecule has 1 aromatic rings. The second-order valence-electron chi connectivity index (χ2n) is 4.76. The van der Waals surface area contributed by atoms with Crippen LogP contribution in [0.4, 0.5) is 11.5 Å². The Bertz CT molecular complexity index is 347. The maximum atomic E-state index is 5.80. The highest BCUT2D eigenvalue weighted by atomic mass is 15.2. The topological polar surface area (TPSA) is 54.2 Å². The van der Waals surface area contributed by atoms with Crippen LogP contribution in [0.2, 0.25) is 0 Å². The quantitative estimate of drug-likeness (QED) is 0.836. The molecule has 0 saturated carbocycles. The van der Waals surface area contributed by atoms with Crippen LogP contribution in [0.25, 0.3) is 0 Å². The molecular formula is C13H22N4. The fourth-order valence-corrected chi connectivity index (χ4v) is 2.31. The van der Waals surface area contributed by atoms with Crippen molar-refractivity contribution in [2.45, 2.75) is 32.2 Å². The summed E-state index contributed by atoms with van der Waals surface area (Å²) in [4.78, 5) is 6.62. The number of nitrogens with zero attached hydrogens (tertiary/aromatic N) is 2. The van der Waals surface area contributed by atoms with Gasteiger partial charge >= 0.3 is 0 Å². The molecule has 0 spiro atoms. The largest absolute Gasteiger partial charge is 0.382 e. The zero-order valence-electron chi connectivity index (χ0n) is 10.5. The maximum absolute atomic E-state index is 5.80. The van der Waals surface area contributed by atoms with Crippen LogP contribution >= 0.6 is 0 Å². The highest BCUT2D eigenvalue weighted by Gasteiger charge is 2.16. The van der Waals surface area contributed by atoms with E-state index in [2.05, 4.69) is 22.1 Å². The number of pyridine rings is 1. The average Bonchev–Trinajstić information content (AvgIpc) is 2.38. The van der Waals surface area contributed by atoms with Crippen LogP contribution in [0.15, 0.2) is 18.3 Å². The predicted molar refractivity (Wildman–Crippen MR) is 72.0 cm³/mol. The van der Waals surface area contributed by atoms with Gasteiger partial charge in [0, 0.05) is 18.8 Å². The molecule has 1 atom stereocenters. The van der Waals surface area contributed by atoms with E-state index in [0.717, 1.165) is 12.2 Å². The van der Waals surface area contributed by atoms with Crippen molar-refractivity contribution in [1.82, 2.24) is 9.88 Å². The van der Waals surface area contributed by atoms with E-state index in [1.165, 1.54) is 32.4 Å². The fraction of sp³-hybridized carbons (Fsp3) is 0.615. The van der Waals surface area contributed by atoms with Gasteiger partial charge in [0.25, 0.3) is 0 Å². The minimum atomic E-state index is 0.551. The predicted octanol–water partition coefficient (Wildman–Crippen LogP) is 1.95. The Balaban J connectivity index is 1.83. The normalized spacial score (nSPS) is 18.9. The van der Waals surface area contributed by atoms with Gasteiger partial charge < -0.3 is 11.1 Å². The lowest BCUT2D eigenvalue weighted by atomic mass is 10.1. The summed E-state index contributed by atoms with van der Waals surface area (Å²) in [6.07, 6.45) is 5.76. The molecule has 2 heterocycles. The highest BCUT2D eigenvalue weighted by molar-refractivity contribution is 5.60. The Morgan fingerprint density at radius 2 is 2.18 bits per heavy atom. The van der Waals surface area contributed by atoms with Gasteiger partial charge in [0.1, 0.15) is 5.82 Å². The summed E-state index contributed by atoms with van der Waals surface area (Å²) in [7, 11) is 0. The molecule has 17 heavy (non-hydrogen) atoms. The SMILES string of the molecule is CC(CNc1cccnc1N)N1CCCCC1. The summed E-state index contributed by atoms with van der Waals surface area (Å²) in [5.74, 6) is 0.582. The van der Waals surface area contributed by atoms with Crippen molar-refractivity contribution in [2.75, 3.05) is 30.7 Å². The number of nitrogens with one attached hydrogen (secondary N) is 1. The number of rotatable bonds is 4. The number of nitrogens with two attached hydrogens (primary N) is 1. The van der Waals surface area contributed by atoms with Gasteiger partial charge in [-0.1, -0.05) is 6.42 Å². The molecule has 4 nitrogen and oxygen atoms in total. The van der Waals surface area contributed by atoms with Gasteiger partial charge in [0.15, 0.2) is 0 Å². The summed E-state index contributed by atoms with van der Waals surface area (Å²) in [5.41, 5.74) is 6.74. The van der Waals surface area contributed by atoms with Crippen molar-refractivity contribution in [3.05, 3.63) is 18.3 Å². The summed E-state index contributed by atoms with van der Waals surface area (Å²) in [6, 6.07) is 4.44. The number of piperidine rings is 1. The van der Waals surface area contributed by atoms with Crippen molar-refractivity contribution in [3.63, 3.8) is 0 Å². The molecular weight excluding hydrogens is 212 g/mol. The van der Waals surface area contributed by atoms with E-state index in [1.54, 1.807) is 6.20 Å². The van der Waals surface area contributed by atoms with Gasteiger partial charge in [-0.3, -0.25) is 4.90 Å². The van der Waals surface area contributed by atoms with E-state index in [4.69, 9.17) is 5.73 Å². The number of anilines is 2. The molecule has 1 fully saturated rings. The van der Waals surface area contributed by atoms with Crippen LogP contribution in [-0.4, -0.2) is 35.6 Å². The number of nitrogen functional groups attached to an aromatic ring is 1. The standard InChI is InChI=1S/C13H22N4/c1-11(17-8-3-2-4-9-17)10-16-12-6-5-7-15-13(12)14/h5-7,11,16H,2-4,8-10H2,1H3,(H2,14,15). The minimum absolute atomic E-state index is 0.551. The molecule has 0 amide bonds. The van der Waals surface area contributed by atoms with E-state index in [-0.39, 0.29) is 0 Å². The first-order valence-electron chi connectivity index (χ1n) is 6.46. The minimum Gasteiger partial charge on any atom is -0.382 e. The molecule has 0 aromatic carbocycles. The number of likely N-dealkylation sites (tertiary alicyclic amines) is 1. The lowest BCUT2D eigenvalue weighted by Gasteiger charge is -2.32. The van der Waals surface area contributed by atoms with E-state index in [0.29, 0.717) is 11.9 Å². The van der Waals surface area contributed by atoms with Crippen molar-refractivity contribution in [1.29, 1.82) is 0 Å². The molecule has 1 aliphatic rings. The van der Waals surface area contributed by atoms with Crippen LogP contribution in [0.5, 0.6) is 0 Å². The van der Waals surface area contributed by atoms with Gasteiger partial charge in [0.05, 0.1) is 5.69 Å². The molecule has 1 unspecified atom stereocenters. The molecule has 0 bridgehead atoms. The number of aromatic nitrogens is 1. The molecule has 94 valence electrons. The second-order valence-corrected chi connectivity index (χ2v) is 4.76. The van der Waals surface area contributed by atoms with Gasteiger partial charge in [-0.05, 0) is 45.0 Å². The van der Waals surface area contributed by atoms with Gasteiger partial charge in [-0.2, -0.15) is 0 Å². The third-order valence-corrected chi connectivity index (χ3v) is 3.44. The summed E-state index contributed by atoms with van der Waals surface area (Å²) in [6.45, 7) is 5.65. The van der Waals surface area contributed by atoms with E-state index in [1.807, 2.05) is 12.1 Å². The first kappa shape index (κ1) is 12.2. The third-order valence-electron chi connectivity index (χ3n) is 3.44. The first-order chi connectivity index (χ1) is 8.27. The summed E-state index contributed by atoms with van der Waals surface area (Å²) >= 11 is 0. The number of hydrogen-bond donors (Lipinski definition) is 2. The molecule has 2 rings (SSSR count). The molecule has 3 N–H and O–H groups in total. The van der Waals surface area contributed by atoms with E-state index in [9.17, 15) is 0 Å². The van der Waals surface area contributed by atoms with Crippen LogP contribution in [-0.2, 0) is 0 Å². The molecule has 1 aromatic heterocycles. The second kappa shape index (κ2) is 5.87. The van der Waals surface area contributed by atoms with Crippen LogP contribution in [0.3, 0.4) is 0 Å². The number of hydrogen-bond acceptors (Lipinski definition) is 4. The molecule has 0 aliphatic carbocycles. The molecule has 1 saturated heterocycles. The Hall–Kier alpha value is -1.29. The van der Waals surface area contributed by atoms with Crippen LogP contribution < -0.4 is 11.1 Å². The molecule has 0 radical (unpaired) electrons. The lowest BCUT2D eigenvalue weighted by Crippen LogP contribution is -2.41. The first-order valence-corrected chi connectivity index (χ1v) is 6.46. The Morgan fingerprint density at radius 1 is 1.41 bits per heavy atom. The van der Waals surface area contributed by atoms with E-state index >= 15 is 0 Å². The van der Waals surface area contributed by atoms with Gasteiger partial charge in [-0.15, -0.1) is 0 Å². The summed E-state index contributed by atoms with van der Waals surface area (Å²) < 4.78 is 0. The maximum Gasteiger partial charge on any atom is 0.146 e. The van der Waals surface area contributed by atoms with Crippen LogP contribution in [0.1, 0.15) is 26.2 Å². The van der Waals surface area contributed by atoms with Gasteiger partial charge in [-0.25, -0.2) is 4.98 Å². The fourth-order valence-electron chi connectivity index (χ4n) is 2.31. The Labute approximate surface area is 103 Å². The molecule has 4 heteroatoms. The Morgan fingerprint density at radius 3 is 2.88 bits per heavy atom. The molecule has 1 aliphatic heterocycles. The third kappa shape index (κ3) is 3.33. The zero-order chi connectivity index (χ0) is 12.1.